The minimum Gasteiger partial charge on any atom is -0.482 e. The maximum atomic E-state index is 13.7. The Labute approximate surface area is 154 Å². The predicted octanol–water partition coefficient (Wildman–Crippen LogP) is 4.33. The zero-order valence-corrected chi connectivity index (χ0v) is 14.6. The molecule has 0 aliphatic carbocycles. The van der Waals surface area contributed by atoms with Crippen molar-refractivity contribution in [3.63, 3.8) is 0 Å². The molecule has 27 heavy (non-hydrogen) atoms. The average Bonchev–Trinajstić information content (AvgIpc) is 3.10. The van der Waals surface area contributed by atoms with Gasteiger partial charge in [0.05, 0.1) is 11.3 Å². The Balaban J connectivity index is 1.85. The van der Waals surface area contributed by atoms with Crippen molar-refractivity contribution >= 4 is 29.0 Å². The number of aldehydes is 1. The van der Waals surface area contributed by atoms with E-state index in [1.165, 1.54) is 0 Å². The minimum atomic E-state index is -1.03. The maximum absolute atomic E-state index is 13.7. The van der Waals surface area contributed by atoms with Crippen LogP contribution in [0.1, 0.15) is 35.3 Å². The van der Waals surface area contributed by atoms with Gasteiger partial charge in [-0.25, -0.2) is 8.78 Å². The number of carbonyl (C=O) groups excluding carboxylic acids is 2. The molecule has 2 heterocycles. The maximum Gasteiger partial charge on any atom is 0.260 e. The molecule has 0 fully saturated rings. The predicted molar refractivity (Wildman–Crippen MR) is 96.9 cm³/mol. The number of fused-ring (bicyclic) bond motifs is 1. The smallest absolute Gasteiger partial charge is 0.260 e. The van der Waals surface area contributed by atoms with Crippen molar-refractivity contribution in [3.8, 4) is 0 Å². The number of carbonyl (C=O) groups is 2. The van der Waals surface area contributed by atoms with Gasteiger partial charge >= 0.3 is 0 Å². The van der Waals surface area contributed by atoms with E-state index >= 15 is 0 Å². The van der Waals surface area contributed by atoms with Gasteiger partial charge in [0.15, 0.2) is 11.6 Å². The molecule has 0 unspecified atom stereocenters. The van der Waals surface area contributed by atoms with Crippen LogP contribution in [0.3, 0.4) is 0 Å². The van der Waals surface area contributed by atoms with Gasteiger partial charge in [-0.2, -0.15) is 0 Å². The average molecular weight is 367 g/mol. The highest BCUT2D eigenvalue weighted by Crippen LogP contribution is 2.44. The first-order valence-electron chi connectivity index (χ1n) is 8.32. The molecule has 2 aliphatic heterocycles. The third-order valence-electron chi connectivity index (χ3n) is 4.70. The number of ether oxygens (including phenoxy) is 1. The summed E-state index contributed by atoms with van der Waals surface area (Å²) in [5.74, 6) is -2.25. The monoisotopic (exact) mass is 367 g/mol. The molecule has 1 N–H and O–H groups in total. The number of amides is 1. The third-order valence-corrected chi connectivity index (χ3v) is 4.70. The van der Waals surface area contributed by atoms with Crippen LogP contribution in [-0.4, -0.2) is 17.8 Å². The second-order valence-electron chi connectivity index (χ2n) is 6.92. The molecule has 136 valence electrons. The summed E-state index contributed by atoms with van der Waals surface area (Å²) in [4.78, 5) is 23.3. The molecule has 2 aromatic carbocycles. The van der Waals surface area contributed by atoms with Crippen molar-refractivity contribution in [1.82, 2.24) is 0 Å². The van der Waals surface area contributed by atoms with E-state index in [2.05, 4.69) is 5.32 Å². The number of allylic oxidation sites excluding steroid dienone is 1. The molecule has 0 saturated heterocycles. The van der Waals surface area contributed by atoms with Crippen molar-refractivity contribution in [2.24, 2.45) is 0 Å². The molecule has 1 amide bonds. The number of nitrogens with one attached hydrogen (secondary N) is 1. The first-order valence-corrected chi connectivity index (χ1v) is 8.32. The van der Waals surface area contributed by atoms with Gasteiger partial charge in [-0.3, -0.25) is 9.59 Å². The fourth-order valence-electron chi connectivity index (χ4n) is 3.37. The van der Waals surface area contributed by atoms with Gasteiger partial charge in [0.2, 0.25) is 0 Å². The largest absolute Gasteiger partial charge is 0.482 e. The molecule has 4 rings (SSSR count). The summed E-state index contributed by atoms with van der Waals surface area (Å²) < 4.78 is 33.2. The number of hydrogen-bond donors (Lipinski definition) is 1. The molecule has 0 radical (unpaired) electrons. The van der Waals surface area contributed by atoms with E-state index in [-0.39, 0.29) is 22.6 Å². The molecular weight excluding hydrogens is 352 g/mol. The second-order valence-corrected chi connectivity index (χ2v) is 6.92. The minimum absolute atomic E-state index is 0.163. The van der Waals surface area contributed by atoms with E-state index in [9.17, 15) is 18.4 Å². The van der Waals surface area contributed by atoms with Gasteiger partial charge < -0.3 is 10.1 Å². The molecule has 6 heteroatoms. The zero-order chi connectivity index (χ0) is 19.3. The normalized spacial score (nSPS) is 20.0. The number of rotatable bonds is 2. The van der Waals surface area contributed by atoms with Crippen molar-refractivity contribution in [2.75, 3.05) is 5.32 Å². The van der Waals surface area contributed by atoms with Crippen LogP contribution in [0.2, 0.25) is 0 Å². The topological polar surface area (TPSA) is 55.4 Å². The summed E-state index contributed by atoms with van der Waals surface area (Å²) in [7, 11) is 0. The highest BCUT2D eigenvalue weighted by molar-refractivity contribution is 6.32. The van der Waals surface area contributed by atoms with E-state index in [1.54, 1.807) is 30.3 Å². The summed E-state index contributed by atoms with van der Waals surface area (Å²) in [6, 6.07) is 8.93. The van der Waals surface area contributed by atoms with Gasteiger partial charge in [0, 0.05) is 22.8 Å². The van der Waals surface area contributed by atoms with Gasteiger partial charge in [0.25, 0.3) is 5.91 Å². The molecular formula is C21H15F2NO3. The summed E-state index contributed by atoms with van der Waals surface area (Å²) in [6.45, 7) is 3.69. The van der Waals surface area contributed by atoms with E-state index < -0.39 is 23.1 Å². The Bertz CT molecular complexity index is 1050. The van der Waals surface area contributed by atoms with Crippen molar-refractivity contribution in [3.05, 3.63) is 76.6 Å². The van der Waals surface area contributed by atoms with Crippen molar-refractivity contribution in [1.29, 1.82) is 0 Å². The molecule has 2 aromatic rings. The van der Waals surface area contributed by atoms with Crippen LogP contribution < -0.4 is 5.32 Å². The highest BCUT2D eigenvalue weighted by Gasteiger charge is 2.38. The van der Waals surface area contributed by atoms with Crippen LogP contribution in [0.15, 0.2) is 48.2 Å². The summed E-state index contributed by atoms with van der Waals surface area (Å²) >= 11 is 0. The lowest BCUT2D eigenvalue weighted by molar-refractivity contribution is -0.111. The second kappa shape index (κ2) is 5.87. The molecule has 2 aliphatic rings. The van der Waals surface area contributed by atoms with Crippen LogP contribution >= 0.6 is 0 Å². The number of hydrogen-bond acceptors (Lipinski definition) is 3. The SMILES string of the molecule is CC1(C)OC(=C2C(=O)Nc3cc(F)c(F)cc32)C=C1c1ccc(C=O)cc1. The lowest BCUT2D eigenvalue weighted by Crippen LogP contribution is -2.21. The lowest BCUT2D eigenvalue weighted by atomic mass is 9.92. The molecule has 0 atom stereocenters. The van der Waals surface area contributed by atoms with Gasteiger partial charge in [-0.15, -0.1) is 0 Å². The van der Waals surface area contributed by atoms with Gasteiger partial charge in [-0.05, 0) is 31.6 Å². The molecule has 0 bridgehead atoms. The first kappa shape index (κ1) is 17.1. The quantitative estimate of drug-likeness (QED) is 0.635. The number of halogens is 2. The summed E-state index contributed by atoms with van der Waals surface area (Å²) in [5, 5.41) is 2.54. The highest BCUT2D eigenvalue weighted by atomic mass is 19.2. The summed E-state index contributed by atoms with van der Waals surface area (Å²) in [6.07, 6.45) is 2.48. The van der Waals surface area contributed by atoms with Gasteiger partial charge in [-0.1, -0.05) is 24.3 Å². The Morgan fingerprint density at radius 3 is 2.41 bits per heavy atom. The molecule has 4 nitrogen and oxygen atoms in total. The molecule has 0 saturated carbocycles. The molecule has 0 aromatic heterocycles. The van der Waals surface area contributed by atoms with Crippen LogP contribution in [0, 0.1) is 11.6 Å². The Hall–Kier alpha value is -3.28. The van der Waals surface area contributed by atoms with Crippen LogP contribution in [0.5, 0.6) is 0 Å². The fraction of sp³-hybridized carbons (Fsp3) is 0.143. The Morgan fingerprint density at radius 1 is 1.07 bits per heavy atom. The summed E-state index contributed by atoms with van der Waals surface area (Å²) in [5.41, 5.74) is 2.09. The van der Waals surface area contributed by atoms with E-state index in [0.717, 1.165) is 29.6 Å². The third kappa shape index (κ3) is 2.73. The lowest BCUT2D eigenvalue weighted by Gasteiger charge is -2.23. The van der Waals surface area contributed by atoms with Crippen LogP contribution in [0.4, 0.5) is 14.5 Å². The Kier molecular flexibility index (Phi) is 3.73. The van der Waals surface area contributed by atoms with Crippen LogP contribution in [0.25, 0.3) is 11.1 Å². The van der Waals surface area contributed by atoms with E-state index in [4.69, 9.17) is 4.74 Å². The zero-order valence-electron chi connectivity index (χ0n) is 14.6. The molecule has 0 spiro atoms. The number of benzene rings is 2. The standard InChI is InChI=1S/C21H15F2NO3/c1-21(2)14(12-5-3-11(10-25)4-6-12)8-18(27-21)19-13-7-15(22)16(23)9-17(13)24-20(19)26/h3-10H,1-2H3,(H,24,26). The Morgan fingerprint density at radius 2 is 1.74 bits per heavy atom. The van der Waals surface area contributed by atoms with Crippen molar-refractivity contribution < 1.29 is 23.1 Å². The van der Waals surface area contributed by atoms with Crippen molar-refractivity contribution in [2.45, 2.75) is 19.4 Å². The first-order chi connectivity index (χ1) is 12.8. The van der Waals surface area contributed by atoms with Crippen LogP contribution in [-0.2, 0) is 9.53 Å². The van der Waals surface area contributed by atoms with E-state index in [1.807, 2.05) is 13.8 Å². The van der Waals surface area contributed by atoms with Gasteiger partial charge in [0.1, 0.15) is 17.6 Å². The van der Waals surface area contributed by atoms with E-state index in [0.29, 0.717) is 5.56 Å². The fourth-order valence-corrected chi connectivity index (χ4v) is 3.37. The number of anilines is 1.